The van der Waals surface area contributed by atoms with E-state index in [0.717, 1.165) is 23.8 Å². The number of rotatable bonds is 4. The van der Waals surface area contributed by atoms with Crippen LogP contribution in [0.4, 0.5) is 5.69 Å². The van der Waals surface area contributed by atoms with Crippen molar-refractivity contribution in [2.45, 2.75) is 25.8 Å². The first-order chi connectivity index (χ1) is 12.5. The molecule has 0 aliphatic heterocycles. The van der Waals surface area contributed by atoms with E-state index in [9.17, 15) is 9.59 Å². The Balaban J connectivity index is 1.57. The van der Waals surface area contributed by atoms with Gasteiger partial charge in [-0.05, 0) is 44.0 Å². The molecule has 4 rings (SSSR count). The Morgan fingerprint density at radius 2 is 1.88 bits per heavy atom. The molecule has 0 saturated heterocycles. The molecule has 26 heavy (non-hydrogen) atoms. The van der Waals surface area contributed by atoms with E-state index in [1.807, 2.05) is 19.1 Å². The zero-order valence-electron chi connectivity index (χ0n) is 14.1. The minimum Gasteiger partial charge on any atom is -0.449 e. The SMILES string of the molecule is Cc1c(C(=O)Nc2cccc(C(=O)NC3CC3)c2)oc2c(Cl)cccc12. The van der Waals surface area contributed by atoms with Gasteiger partial charge in [0.25, 0.3) is 11.8 Å². The molecule has 2 amide bonds. The third-order valence-corrected chi connectivity index (χ3v) is 4.71. The lowest BCUT2D eigenvalue weighted by Gasteiger charge is -2.07. The van der Waals surface area contributed by atoms with Gasteiger partial charge in [0.15, 0.2) is 11.3 Å². The third kappa shape index (κ3) is 3.18. The van der Waals surface area contributed by atoms with E-state index < -0.39 is 0 Å². The summed E-state index contributed by atoms with van der Waals surface area (Å²) in [5, 5.41) is 6.99. The van der Waals surface area contributed by atoms with E-state index in [2.05, 4.69) is 10.6 Å². The van der Waals surface area contributed by atoms with Gasteiger partial charge in [-0.25, -0.2) is 0 Å². The summed E-state index contributed by atoms with van der Waals surface area (Å²) in [6.07, 6.45) is 2.05. The van der Waals surface area contributed by atoms with Crippen molar-refractivity contribution < 1.29 is 14.0 Å². The van der Waals surface area contributed by atoms with Crippen molar-refractivity contribution in [3.63, 3.8) is 0 Å². The number of furan rings is 1. The van der Waals surface area contributed by atoms with Crippen molar-refractivity contribution in [3.8, 4) is 0 Å². The first-order valence-electron chi connectivity index (χ1n) is 8.43. The van der Waals surface area contributed by atoms with Crippen molar-refractivity contribution in [2.75, 3.05) is 5.32 Å². The van der Waals surface area contributed by atoms with Gasteiger partial charge in [0.1, 0.15) is 0 Å². The Kier molecular flexibility index (Phi) is 4.17. The average molecular weight is 369 g/mol. The highest BCUT2D eigenvalue weighted by Gasteiger charge is 2.24. The number of aryl methyl sites for hydroxylation is 1. The van der Waals surface area contributed by atoms with Crippen molar-refractivity contribution in [3.05, 3.63) is 64.4 Å². The monoisotopic (exact) mass is 368 g/mol. The Bertz CT molecular complexity index is 1020. The first-order valence-corrected chi connectivity index (χ1v) is 8.80. The number of benzene rings is 2. The molecule has 1 heterocycles. The Labute approximate surface area is 155 Å². The summed E-state index contributed by atoms with van der Waals surface area (Å²) in [5.74, 6) is -0.300. The minimum atomic E-state index is -0.380. The van der Waals surface area contributed by atoms with Gasteiger partial charge in [-0.3, -0.25) is 9.59 Å². The van der Waals surface area contributed by atoms with Crippen LogP contribution in [0.25, 0.3) is 11.0 Å². The van der Waals surface area contributed by atoms with Gasteiger partial charge in [0, 0.05) is 28.2 Å². The number of carbonyl (C=O) groups excluding carboxylic acids is 2. The maximum atomic E-state index is 12.6. The number of carbonyl (C=O) groups is 2. The second-order valence-corrected chi connectivity index (χ2v) is 6.86. The van der Waals surface area contributed by atoms with Gasteiger partial charge in [-0.2, -0.15) is 0 Å². The molecule has 0 radical (unpaired) electrons. The van der Waals surface area contributed by atoms with Crippen LogP contribution < -0.4 is 10.6 Å². The summed E-state index contributed by atoms with van der Waals surface area (Å²) in [7, 11) is 0. The molecule has 5 nitrogen and oxygen atoms in total. The molecular weight excluding hydrogens is 352 g/mol. The maximum Gasteiger partial charge on any atom is 0.291 e. The van der Waals surface area contributed by atoms with Crippen LogP contribution in [-0.4, -0.2) is 17.9 Å². The fraction of sp³-hybridized carbons (Fsp3) is 0.200. The maximum absolute atomic E-state index is 12.6. The van der Waals surface area contributed by atoms with Gasteiger partial charge < -0.3 is 15.1 Å². The number of anilines is 1. The molecule has 1 aliphatic carbocycles. The number of para-hydroxylation sites is 1. The number of hydrogen-bond acceptors (Lipinski definition) is 3. The Morgan fingerprint density at radius 1 is 1.12 bits per heavy atom. The lowest BCUT2D eigenvalue weighted by molar-refractivity contribution is 0.0949. The molecule has 0 bridgehead atoms. The number of hydrogen-bond donors (Lipinski definition) is 2. The van der Waals surface area contributed by atoms with Gasteiger partial charge in [-0.1, -0.05) is 29.8 Å². The molecule has 1 fully saturated rings. The lowest BCUT2D eigenvalue weighted by Crippen LogP contribution is -2.25. The lowest BCUT2D eigenvalue weighted by atomic mass is 10.1. The van der Waals surface area contributed by atoms with Crippen LogP contribution in [-0.2, 0) is 0 Å². The van der Waals surface area contributed by atoms with Gasteiger partial charge in [0.05, 0.1) is 5.02 Å². The van der Waals surface area contributed by atoms with Crippen LogP contribution in [0.3, 0.4) is 0 Å². The van der Waals surface area contributed by atoms with Crippen molar-refractivity contribution >= 4 is 40.1 Å². The number of halogens is 1. The summed E-state index contributed by atoms with van der Waals surface area (Å²) >= 11 is 6.14. The fourth-order valence-electron chi connectivity index (χ4n) is 2.85. The molecule has 0 unspecified atom stereocenters. The van der Waals surface area contributed by atoms with Crippen LogP contribution in [0, 0.1) is 6.92 Å². The highest BCUT2D eigenvalue weighted by Crippen LogP contribution is 2.31. The van der Waals surface area contributed by atoms with Crippen LogP contribution in [0.1, 0.15) is 39.3 Å². The molecule has 3 aromatic rings. The zero-order valence-corrected chi connectivity index (χ0v) is 14.9. The second-order valence-electron chi connectivity index (χ2n) is 6.46. The predicted molar refractivity (Wildman–Crippen MR) is 101 cm³/mol. The second kappa shape index (κ2) is 6.50. The van der Waals surface area contributed by atoms with Gasteiger partial charge in [-0.15, -0.1) is 0 Å². The molecule has 1 aliphatic rings. The van der Waals surface area contributed by atoms with E-state index >= 15 is 0 Å². The normalized spacial score (nSPS) is 13.6. The molecule has 2 N–H and O–H groups in total. The summed E-state index contributed by atoms with van der Waals surface area (Å²) < 4.78 is 5.68. The zero-order chi connectivity index (χ0) is 18.3. The molecule has 0 spiro atoms. The Hall–Kier alpha value is -2.79. The molecule has 6 heteroatoms. The molecular formula is C20H17ClN2O3. The van der Waals surface area contributed by atoms with Gasteiger partial charge >= 0.3 is 0 Å². The van der Waals surface area contributed by atoms with Crippen LogP contribution in [0.5, 0.6) is 0 Å². The number of fused-ring (bicyclic) bond motifs is 1. The summed E-state index contributed by atoms with van der Waals surface area (Å²) in [6, 6.07) is 12.5. The predicted octanol–water partition coefficient (Wildman–Crippen LogP) is 4.54. The summed E-state index contributed by atoms with van der Waals surface area (Å²) in [5.41, 5.74) is 2.26. The minimum absolute atomic E-state index is 0.129. The molecule has 2 aromatic carbocycles. The van der Waals surface area contributed by atoms with Crippen molar-refractivity contribution in [2.24, 2.45) is 0 Å². The van der Waals surface area contributed by atoms with E-state index in [0.29, 0.717) is 21.9 Å². The topological polar surface area (TPSA) is 71.3 Å². The third-order valence-electron chi connectivity index (χ3n) is 4.42. The molecule has 1 aromatic heterocycles. The summed E-state index contributed by atoms with van der Waals surface area (Å²) in [6.45, 7) is 1.82. The quantitative estimate of drug-likeness (QED) is 0.710. The molecule has 1 saturated carbocycles. The highest BCUT2D eigenvalue weighted by molar-refractivity contribution is 6.35. The smallest absolute Gasteiger partial charge is 0.291 e. The van der Waals surface area contributed by atoms with Crippen LogP contribution in [0.2, 0.25) is 5.02 Å². The van der Waals surface area contributed by atoms with Crippen molar-refractivity contribution in [1.29, 1.82) is 0 Å². The number of nitrogens with one attached hydrogen (secondary N) is 2. The van der Waals surface area contributed by atoms with E-state index in [4.69, 9.17) is 16.0 Å². The van der Waals surface area contributed by atoms with Crippen molar-refractivity contribution in [1.82, 2.24) is 5.32 Å². The molecule has 132 valence electrons. The highest BCUT2D eigenvalue weighted by atomic mass is 35.5. The van der Waals surface area contributed by atoms with E-state index in [1.54, 1.807) is 30.3 Å². The summed E-state index contributed by atoms with van der Waals surface area (Å²) in [4.78, 5) is 24.8. The molecule has 0 atom stereocenters. The number of amides is 2. The van der Waals surface area contributed by atoms with Crippen LogP contribution in [0.15, 0.2) is 46.9 Å². The average Bonchev–Trinajstić information content (AvgIpc) is 3.37. The van der Waals surface area contributed by atoms with Crippen LogP contribution >= 0.6 is 11.6 Å². The standard InChI is InChI=1S/C20H17ClN2O3/c1-11-15-6-3-7-16(21)18(15)26-17(11)20(25)23-14-5-2-4-12(10-14)19(24)22-13-8-9-13/h2-7,10,13H,8-9H2,1H3,(H,22,24)(H,23,25). The largest absolute Gasteiger partial charge is 0.449 e. The first kappa shape index (κ1) is 16.7. The van der Waals surface area contributed by atoms with E-state index in [1.165, 1.54) is 0 Å². The Morgan fingerprint density at radius 3 is 2.62 bits per heavy atom. The van der Waals surface area contributed by atoms with E-state index in [-0.39, 0.29) is 23.6 Å². The van der Waals surface area contributed by atoms with Gasteiger partial charge in [0.2, 0.25) is 0 Å². The fourth-order valence-corrected chi connectivity index (χ4v) is 3.06.